The molecule has 7 heteroatoms. The van der Waals surface area contributed by atoms with Gasteiger partial charge in [-0.1, -0.05) is 19.1 Å². The molecule has 1 unspecified atom stereocenters. The van der Waals surface area contributed by atoms with Crippen LogP contribution in [-0.2, 0) is 14.9 Å². The van der Waals surface area contributed by atoms with Crippen LogP contribution in [0, 0.1) is 0 Å². The lowest BCUT2D eigenvalue weighted by Gasteiger charge is -2.26. The second-order valence-corrected chi connectivity index (χ2v) is 5.84. The van der Waals surface area contributed by atoms with E-state index >= 15 is 0 Å². The molecule has 0 fully saturated rings. The van der Waals surface area contributed by atoms with Gasteiger partial charge >= 0.3 is 5.97 Å². The van der Waals surface area contributed by atoms with Gasteiger partial charge in [0.15, 0.2) is 0 Å². The molecule has 1 aromatic carbocycles. The first-order valence-electron chi connectivity index (χ1n) is 6.13. The van der Waals surface area contributed by atoms with Gasteiger partial charge in [-0.2, -0.15) is 13.1 Å². The highest BCUT2D eigenvalue weighted by Crippen LogP contribution is 2.27. The van der Waals surface area contributed by atoms with Crippen LogP contribution in [0.1, 0.15) is 35.3 Å². The van der Waals surface area contributed by atoms with E-state index in [9.17, 15) is 13.2 Å². The first kappa shape index (κ1) is 14.5. The molecule has 1 aliphatic rings. The Kier molecular flexibility index (Phi) is 4.10. The van der Waals surface area contributed by atoms with Crippen molar-refractivity contribution in [2.24, 2.45) is 0 Å². The molecule has 0 radical (unpaired) electrons. The summed E-state index contributed by atoms with van der Waals surface area (Å²) in [6.45, 7) is 1.95. The SMILES string of the molecule is CCC1=CNS(=O)(=O)NC1c1ccc(C(=O)OC)cc1. The van der Waals surface area contributed by atoms with E-state index in [4.69, 9.17) is 0 Å². The molecule has 6 nitrogen and oxygen atoms in total. The van der Waals surface area contributed by atoms with Gasteiger partial charge in [0.25, 0.3) is 10.2 Å². The smallest absolute Gasteiger partial charge is 0.337 e. The molecule has 1 atom stereocenters. The van der Waals surface area contributed by atoms with Gasteiger partial charge in [-0.15, -0.1) is 0 Å². The van der Waals surface area contributed by atoms with Gasteiger partial charge in [0.1, 0.15) is 0 Å². The average Bonchev–Trinajstić information content (AvgIpc) is 2.46. The number of rotatable bonds is 3. The van der Waals surface area contributed by atoms with E-state index in [1.165, 1.54) is 13.3 Å². The standard InChI is InChI=1S/C13H16N2O4S/c1-3-9-8-14-20(17,18)15-12(9)10-4-6-11(7-5-10)13(16)19-2/h4-8,12,14-15H,3H2,1-2H3. The van der Waals surface area contributed by atoms with Crippen LogP contribution in [0.3, 0.4) is 0 Å². The number of nitrogens with one attached hydrogen (secondary N) is 2. The van der Waals surface area contributed by atoms with Gasteiger partial charge in [-0.05, 0) is 29.7 Å². The summed E-state index contributed by atoms with van der Waals surface area (Å²) >= 11 is 0. The molecular formula is C13H16N2O4S. The number of ether oxygens (including phenoxy) is 1. The second kappa shape index (κ2) is 5.64. The number of carbonyl (C=O) groups is 1. The van der Waals surface area contributed by atoms with E-state index in [1.54, 1.807) is 24.3 Å². The lowest BCUT2D eigenvalue weighted by atomic mass is 9.97. The summed E-state index contributed by atoms with van der Waals surface area (Å²) in [5.41, 5.74) is 2.12. The Morgan fingerprint density at radius 2 is 1.95 bits per heavy atom. The monoisotopic (exact) mass is 296 g/mol. The predicted octanol–water partition coefficient (Wildman–Crippen LogP) is 1.25. The summed E-state index contributed by atoms with van der Waals surface area (Å²) in [5, 5.41) is 0. The highest BCUT2D eigenvalue weighted by atomic mass is 32.2. The maximum Gasteiger partial charge on any atom is 0.337 e. The third-order valence-electron chi connectivity index (χ3n) is 3.12. The molecule has 0 aromatic heterocycles. The second-order valence-electron chi connectivity index (χ2n) is 4.36. The number of hydrogen-bond donors (Lipinski definition) is 2. The van der Waals surface area contributed by atoms with Crippen molar-refractivity contribution in [3.8, 4) is 0 Å². The molecule has 0 amide bonds. The van der Waals surface area contributed by atoms with Crippen LogP contribution in [0.5, 0.6) is 0 Å². The fourth-order valence-corrected chi connectivity index (χ4v) is 2.99. The summed E-state index contributed by atoms with van der Waals surface area (Å²) in [5.74, 6) is -0.423. The van der Waals surface area contributed by atoms with Crippen molar-refractivity contribution < 1.29 is 17.9 Å². The number of esters is 1. The average molecular weight is 296 g/mol. The maximum atomic E-state index is 11.6. The molecular weight excluding hydrogens is 280 g/mol. The van der Waals surface area contributed by atoms with Crippen LogP contribution in [0.15, 0.2) is 36.0 Å². The van der Waals surface area contributed by atoms with E-state index in [0.29, 0.717) is 12.0 Å². The predicted molar refractivity (Wildman–Crippen MR) is 74.1 cm³/mol. The molecule has 20 heavy (non-hydrogen) atoms. The molecule has 0 aliphatic carbocycles. The van der Waals surface area contributed by atoms with Crippen LogP contribution in [0.4, 0.5) is 0 Å². The summed E-state index contributed by atoms with van der Waals surface area (Å²) < 4.78 is 32.6. The Hall–Kier alpha value is -1.86. The van der Waals surface area contributed by atoms with Crippen molar-refractivity contribution in [3.05, 3.63) is 47.2 Å². The zero-order chi connectivity index (χ0) is 14.8. The van der Waals surface area contributed by atoms with Gasteiger partial charge in [-0.25, -0.2) is 4.79 Å². The van der Waals surface area contributed by atoms with Crippen LogP contribution in [-0.4, -0.2) is 21.5 Å². The summed E-state index contributed by atoms with van der Waals surface area (Å²) in [7, 11) is -2.21. The quantitative estimate of drug-likeness (QED) is 0.822. The molecule has 0 spiro atoms. The minimum Gasteiger partial charge on any atom is -0.465 e. The van der Waals surface area contributed by atoms with Crippen molar-refractivity contribution in [2.45, 2.75) is 19.4 Å². The zero-order valence-electron chi connectivity index (χ0n) is 11.2. The van der Waals surface area contributed by atoms with Crippen molar-refractivity contribution in [1.82, 2.24) is 9.44 Å². The van der Waals surface area contributed by atoms with E-state index < -0.39 is 22.2 Å². The molecule has 1 aliphatic heterocycles. The van der Waals surface area contributed by atoms with Crippen LogP contribution < -0.4 is 9.44 Å². The first-order chi connectivity index (χ1) is 9.46. The van der Waals surface area contributed by atoms with Gasteiger partial charge in [0.2, 0.25) is 0 Å². The molecule has 0 saturated carbocycles. The van der Waals surface area contributed by atoms with E-state index in [-0.39, 0.29) is 0 Å². The van der Waals surface area contributed by atoms with Crippen molar-refractivity contribution in [3.63, 3.8) is 0 Å². The Bertz CT molecular complexity index is 635. The van der Waals surface area contributed by atoms with Crippen LogP contribution in [0.2, 0.25) is 0 Å². The normalized spacial score (nSPS) is 20.7. The van der Waals surface area contributed by atoms with Gasteiger partial charge < -0.3 is 4.74 Å². The Morgan fingerprint density at radius 1 is 1.30 bits per heavy atom. The number of methoxy groups -OCH3 is 1. The summed E-state index contributed by atoms with van der Waals surface area (Å²) in [6, 6.07) is 6.25. The summed E-state index contributed by atoms with van der Waals surface area (Å²) in [4.78, 5) is 11.4. The zero-order valence-corrected chi connectivity index (χ0v) is 12.0. The highest BCUT2D eigenvalue weighted by Gasteiger charge is 2.25. The Balaban J connectivity index is 2.32. The first-order valence-corrected chi connectivity index (χ1v) is 7.62. The molecule has 108 valence electrons. The maximum absolute atomic E-state index is 11.6. The Morgan fingerprint density at radius 3 is 2.50 bits per heavy atom. The third-order valence-corrected chi connectivity index (χ3v) is 4.09. The third kappa shape index (κ3) is 3.00. The lowest BCUT2D eigenvalue weighted by molar-refractivity contribution is 0.0600. The number of hydrogen-bond acceptors (Lipinski definition) is 4. The summed E-state index contributed by atoms with van der Waals surface area (Å²) in [6.07, 6.45) is 2.21. The largest absolute Gasteiger partial charge is 0.465 e. The van der Waals surface area contributed by atoms with Crippen molar-refractivity contribution in [1.29, 1.82) is 0 Å². The fraction of sp³-hybridized carbons (Fsp3) is 0.308. The highest BCUT2D eigenvalue weighted by molar-refractivity contribution is 7.87. The van der Waals surface area contributed by atoms with E-state index in [1.807, 2.05) is 6.92 Å². The number of carbonyl (C=O) groups excluding carboxylic acids is 1. The Labute approximate surface area is 118 Å². The fourth-order valence-electron chi connectivity index (χ4n) is 2.02. The lowest BCUT2D eigenvalue weighted by Crippen LogP contribution is -2.41. The molecule has 1 aromatic rings. The molecule has 2 rings (SSSR count). The molecule has 2 N–H and O–H groups in total. The molecule has 0 saturated heterocycles. The van der Waals surface area contributed by atoms with Gasteiger partial charge in [0.05, 0.1) is 18.7 Å². The number of benzene rings is 1. The topological polar surface area (TPSA) is 84.5 Å². The van der Waals surface area contributed by atoms with Crippen molar-refractivity contribution >= 4 is 16.2 Å². The van der Waals surface area contributed by atoms with Crippen LogP contribution >= 0.6 is 0 Å². The van der Waals surface area contributed by atoms with Gasteiger partial charge in [0, 0.05) is 6.20 Å². The van der Waals surface area contributed by atoms with E-state index in [2.05, 4.69) is 14.2 Å². The molecule has 0 bridgehead atoms. The minimum atomic E-state index is -3.52. The van der Waals surface area contributed by atoms with Crippen LogP contribution in [0.25, 0.3) is 0 Å². The van der Waals surface area contributed by atoms with Crippen molar-refractivity contribution in [2.75, 3.05) is 7.11 Å². The molecule has 1 heterocycles. The minimum absolute atomic E-state index is 0.419. The van der Waals surface area contributed by atoms with E-state index in [0.717, 1.165) is 11.1 Å². The van der Waals surface area contributed by atoms with Gasteiger partial charge in [-0.3, -0.25) is 4.72 Å².